The number of nitrogens with zero attached hydrogens (tertiary/aromatic N) is 1. The van der Waals surface area contributed by atoms with Gasteiger partial charge in [0.2, 0.25) is 0 Å². The van der Waals surface area contributed by atoms with Gasteiger partial charge < -0.3 is 0 Å². The van der Waals surface area contributed by atoms with Gasteiger partial charge in [0.25, 0.3) is 0 Å². The first kappa shape index (κ1) is 13.0. The standard InChI is InChI=1S/C15H22N/c1-6-8-12(2)16-14-10-7-9-13(11-14)15(3,4)5/h6-7,9-11H,8H2,1-5H3. The lowest BCUT2D eigenvalue weighted by molar-refractivity contribution is 0.590. The van der Waals surface area contributed by atoms with Crippen molar-refractivity contribution in [1.29, 1.82) is 0 Å². The second-order valence-corrected chi connectivity index (χ2v) is 5.26. The fourth-order valence-corrected chi connectivity index (χ4v) is 1.60. The molecule has 0 fully saturated rings. The summed E-state index contributed by atoms with van der Waals surface area (Å²) in [7, 11) is 0. The highest BCUT2D eigenvalue weighted by Gasteiger charge is 2.13. The van der Waals surface area contributed by atoms with Crippen LogP contribution in [0.5, 0.6) is 0 Å². The van der Waals surface area contributed by atoms with Gasteiger partial charge in [-0.25, -0.2) is 0 Å². The molecular formula is C15H22N. The summed E-state index contributed by atoms with van der Waals surface area (Å²) < 4.78 is 0. The van der Waals surface area contributed by atoms with E-state index in [1.807, 2.05) is 0 Å². The van der Waals surface area contributed by atoms with Crippen molar-refractivity contribution in [2.45, 2.75) is 46.5 Å². The van der Waals surface area contributed by atoms with Crippen LogP contribution in [0.25, 0.3) is 0 Å². The summed E-state index contributed by atoms with van der Waals surface area (Å²) in [5, 5.41) is 0. The molecule has 0 aliphatic heterocycles. The van der Waals surface area contributed by atoms with Crippen molar-refractivity contribution in [1.82, 2.24) is 0 Å². The maximum absolute atomic E-state index is 4.61. The maximum atomic E-state index is 4.61. The van der Waals surface area contributed by atoms with E-state index in [0.29, 0.717) is 0 Å². The molecule has 87 valence electrons. The van der Waals surface area contributed by atoms with Crippen LogP contribution in [0.15, 0.2) is 29.3 Å². The van der Waals surface area contributed by atoms with E-state index in [9.17, 15) is 0 Å². The molecule has 0 heterocycles. The largest absolute Gasteiger partial charge is 0.258 e. The number of hydrogen-bond donors (Lipinski definition) is 0. The summed E-state index contributed by atoms with van der Waals surface area (Å²) in [6, 6.07) is 8.50. The van der Waals surface area contributed by atoms with Crippen molar-refractivity contribution in [3.8, 4) is 0 Å². The van der Waals surface area contributed by atoms with Crippen LogP contribution >= 0.6 is 0 Å². The molecule has 1 heteroatoms. The summed E-state index contributed by atoms with van der Waals surface area (Å²) in [6.45, 7) is 10.8. The summed E-state index contributed by atoms with van der Waals surface area (Å²) in [6.07, 6.45) is 3.09. The monoisotopic (exact) mass is 216 g/mol. The van der Waals surface area contributed by atoms with Gasteiger partial charge in [-0.1, -0.05) is 39.8 Å². The van der Waals surface area contributed by atoms with E-state index in [0.717, 1.165) is 17.8 Å². The van der Waals surface area contributed by atoms with E-state index in [1.54, 1.807) is 0 Å². The quantitative estimate of drug-likeness (QED) is 0.650. The van der Waals surface area contributed by atoms with Crippen LogP contribution < -0.4 is 0 Å². The molecule has 1 aromatic rings. The average Bonchev–Trinajstić information content (AvgIpc) is 2.17. The molecule has 0 aromatic heterocycles. The lowest BCUT2D eigenvalue weighted by Gasteiger charge is -2.19. The average molecular weight is 216 g/mol. The molecule has 0 saturated heterocycles. The Morgan fingerprint density at radius 1 is 1.31 bits per heavy atom. The Balaban J connectivity index is 2.95. The fourth-order valence-electron chi connectivity index (χ4n) is 1.60. The van der Waals surface area contributed by atoms with E-state index >= 15 is 0 Å². The first-order chi connectivity index (χ1) is 7.43. The highest BCUT2D eigenvalue weighted by molar-refractivity contribution is 5.85. The van der Waals surface area contributed by atoms with Crippen molar-refractivity contribution in [3.63, 3.8) is 0 Å². The zero-order chi connectivity index (χ0) is 12.2. The minimum Gasteiger partial charge on any atom is -0.258 e. The third kappa shape index (κ3) is 3.80. The summed E-state index contributed by atoms with van der Waals surface area (Å²) in [4.78, 5) is 4.61. The Morgan fingerprint density at radius 2 is 2.00 bits per heavy atom. The zero-order valence-corrected chi connectivity index (χ0v) is 11.0. The molecule has 0 saturated carbocycles. The normalized spacial score (nSPS) is 12.9. The molecule has 1 aromatic carbocycles. The number of benzene rings is 1. The lowest BCUT2D eigenvalue weighted by atomic mass is 9.87. The van der Waals surface area contributed by atoms with E-state index < -0.39 is 0 Å². The van der Waals surface area contributed by atoms with Crippen molar-refractivity contribution in [2.75, 3.05) is 0 Å². The van der Waals surface area contributed by atoms with Crippen LogP contribution in [-0.4, -0.2) is 5.71 Å². The van der Waals surface area contributed by atoms with E-state index in [-0.39, 0.29) is 5.41 Å². The van der Waals surface area contributed by atoms with Crippen molar-refractivity contribution >= 4 is 11.4 Å². The molecule has 16 heavy (non-hydrogen) atoms. The number of hydrogen-bond acceptors (Lipinski definition) is 1. The Kier molecular flexibility index (Phi) is 4.28. The molecule has 0 unspecified atom stereocenters. The smallest absolute Gasteiger partial charge is 0.0631 e. The fraction of sp³-hybridized carbons (Fsp3) is 0.467. The van der Waals surface area contributed by atoms with Gasteiger partial charge >= 0.3 is 0 Å². The first-order valence-electron chi connectivity index (χ1n) is 5.86. The van der Waals surface area contributed by atoms with Gasteiger partial charge in [0.05, 0.1) is 5.69 Å². The van der Waals surface area contributed by atoms with Crippen LogP contribution in [0.4, 0.5) is 5.69 Å². The van der Waals surface area contributed by atoms with Gasteiger partial charge in [0.1, 0.15) is 0 Å². The summed E-state index contributed by atoms with van der Waals surface area (Å²) in [5.74, 6) is 0. The van der Waals surface area contributed by atoms with Crippen molar-refractivity contribution in [2.24, 2.45) is 4.99 Å². The number of aliphatic imine (C=N–C) groups is 1. The van der Waals surface area contributed by atoms with E-state index in [2.05, 4.69) is 70.3 Å². The van der Waals surface area contributed by atoms with Crippen LogP contribution in [0.1, 0.15) is 46.6 Å². The van der Waals surface area contributed by atoms with Crippen molar-refractivity contribution in [3.05, 3.63) is 36.2 Å². The Morgan fingerprint density at radius 3 is 2.56 bits per heavy atom. The minimum absolute atomic E-state index is 0.191. The summed E-state index contributed by atoms with van der Waals surface area (Å²) >= 11 is 0. The Hall–Kier alpha value is -1.11. The highest BCUT2D eigenvalue weighted by atomic mass is 14.7. The van der Waals surface area contributed by atoms with Gasteiger partial charge in [0.15, 0.2) is 0 Å². The first-order valence-corrected chi connectivity index (χ1v) is 5.86. The highest BCUT2D eigenvalue weighted by Crippen LogP contribution is 2.25. The van der Waals surface area contributed by atoms with E-state index in [4.69, 9.17) is 0 Å². The third-order valence-corrected chi connectivity index (χ3v) is 2.53. The Labute approximate surface area is 99.6 Å². The van der Waals surface area contributed by atoms with Crippen LogP contribution in [-0.2, 0) is 5.41 Å². The molecular weight excluding hydrogens is 194 g/mol. The molecule has 0 amide bonds. The molecule has 1 rings (SSSR count). The number of rotatable bonds is 3. The zero-order valence-electron chi connectivity index (χ0n) is 11.0. The van der Waals surface area contributed by atoms with Gasteiger partial charge in [-0.05, 0) is 42.9 Å². The van der Waals surface area contributed by atoms with E-state index in [1.165, 1.54) is 5.56 Å². The maximum Gasteiger partial charge on any atom is 0.0631 e. The summed E-state index contributed by atoms with van der Waals surface area (Å²) in [5.41, 5.74) is 3.75. The second kappa shape index (κ2) is 5.29. The Bertz CT molecular complexity index is 369. The molecule has 0 N–H and O–H groups in total. The molecule has 0 aliphatic carbocycles. The van der Waals surface area contributed by atoms with Gasteiger partial charge in [-0.3, -0.25) is 4.99 Å². The predicted octanol–water partition coefficient (Wildman–Crippen LogP) is 4.69. The lowest BCUT2D eigenvalue weighted by Crippen LogP contribution is -2.10. The predicted molar refractivity (Wildman–Crippen MR) is 72.5 cm³/mol. The van der Waals surface area contributed by atoms with Crippen molar-refractivity contribution < 1.29 is 0 Å². The van der Waals surface area contributed by atoms with Crippen LogP contribution in [0, 0.1) is 6.42 Å². The van der Waals surface area contributed by atoms with Crippen LogP contribution in [0.3, 0.4) is 0 Å². The van der Waals surface area contributed by atoms with Gasteiger partial charge in [-0.2, -0.15) is 0 Å². The molecule has 1 nitrogen and oxygen atoms in total. The molecule has 0 aliphatic rings. The third-order valence-electron chi connectivity index (χ3n) is 2.53. The van der Waals surface area contributed by atoms with Crippen LogP contribution in [0.2, 0.25) is 0 Å². The molecule has 0 spiro atoms. The topological polar surface area (TPSA) is 12.4 Å². The molecule has 1 radical (unpaired) electrons. The second-order valence-electron chi connectivity index (χ2n) is 5.26. The molecule has 0 bridgehead atoms. The van der Waals surface area contributed by atoms with Gasteiger partial charge in [0, 0.05) is 5.71 Å². The SMILES string of the molecule is C[CH]CC(C)=Nc1cccc(C(C)(C)C)c1. The minimum atomic E-state index is 0.191. The van der Waals surface area contributed by atoms with Gasteiger partial charge in [-0.15, -0.1) is 0 Å². The molecule has 0 atom stereocenters.